The maximum Gasteiger partial charge on any atom is 0.289 e. The molecule has 2 aromatic rings. The zero-order valence-electron chi connectivity index (χ0n) is 11.2. The van der Waals surface area contributed by atoms with Crippen LogP contribution in [0.3, 0.4) is 0 Å². The summed E-state index contributed by atoms with van der Waals surface area (Å²) < 4.78 is 1.19. The standard InChI is InChI=1S/C15H13N3O2/c1-10-7-11(2)18(15(20)14(10)8-16)17-9-12-3-5-13(19)6-4-12/h3-7,9,19H,1-2H3. The minimum absolute atomic E-state index is 0.0958. The van der Waals surface area contributed by atoms with Crippen molar-refractivity contribution >= 4 is 6.21 Å². The van der Waals surface area contributed by atoms with Gasteiger partial charge in [-0.15, -0.1) is 0 Å². The monoisotopic (exact) mass is 267 g/mol. The second-order valence-corrected chi connectivity index (χ2v) is 4.41. The number of phenolic OH excluding ortho intramolecular Hbond substituents is 1. The predicted octanol–water partition coefficient (Wildman–Crippen LogP) is 1.92. The van der Waals surface area contributed by atoms with E-state index < -0.39 is 5.56 Å². The molecule has 2 rings (SSSR count). The van der Waals surface area contributed by atoms with Gasteiger partial charge < -0.3 is 5.11 Å². The van der Waals surface area contributed by atoms with Crippen molar-refractivity contribution in [2.45, 2.75) is 13.8 Å². The highest BCUT2D eigenvalue weighted by molar-refractivity contribution is 5.79. The van der Waals surface area contributed by atoms with Crippen LogP contribution in [0.25, 0.3) is 0 Å². The lowest BCUT2D eigenvalue weighted by Gasteiger charge is -2.06. The Hall–Kier alpha value is -2.87. The first-order valence-electron chi connectivity index (χ1n) is 5.99. The van der Waals surface area contributed by atoms with Gasteiger partial charge in [0.1, 0.15) is 17.4 Å². The highest BCUT2D eigenvalue weighted by Crippen LogP contribution is 2.08. The maximum atomic E-state index is 12.1. The van der Waals surface area contributed by atoms with Crippen LogP contribution in [-0.2, 0) is 0 Å². The fourth-order valence-electron chi connectivity index (χ4n) is 1.85. The summed E-state index contributed by atoms with van der Waals surface area (Å²) in [5, 5.41) is 22.3. The van der Waals surface area contributed by atoms with E-state index in [1.165, 1.54) is 23.0 Å². The van der Waals surface area contributed by atoms with Crippen LogP contribution in [0.15, 0.2) is 40.2 Å². The molecule has 1 aromatic carbocycles. The van der Waals surface area contributed by atoms with E-state index in [9.17, 15) is 9.90 Å². The van der Waals surface area contributed by atoms with E-state index >= 15 is 0 Å². The van der Waals surface area contributed by atoms with Gasteiger partial charge in [-0.25, -0.2) is 4.68 Å². The van der Waals surface area contributed by atoms with Gasteiger partial charge in [-0.2, -0.15) is 10.4 Å². The van der Waals surface area contributed by atoms with Crippen molar-refractivity contribution in [1.82, 2.24) is 4.68 Å². The molecule has 0 aliphatic rings. The molecule has 1 N–H and O–H groups in total. The summed E-state index contributed by atoms with van der Waals surface area (Å²) in [6, 6.07) is 10.1. The second-order valence-electron chi connectivity index (χ2n) is 4.41. The lowest BCUT2D eigenvalue weighted by Crippen LogP contribution is -2.22. The van der Waals surface area contributed by atoms with Gasteiger partial charge in [0.25, 0.3) is 5.56 Å². The van der Waals surface area contributed by atoms with Crippen LogP contribution in [0.1, 0.15) is 22.4 Å². The van der Waals surface area contributed by atoms with Crippen molar-refractivity contribution in [3.63, 3.8) is 0 Å². The molecule has 20 heavy (non-hydrogen) atoms. The van der Waals surface area contributed by atoms with Gasteiger partial charge >= 0.3 is 0 Å². The Morgan fingerprint density at radius 3 is 2.55 bits per heavy atom. The molecule has 0 spiro atoms. The number of nitriles is 1. The van der Waals surface area contributed by atoms with Gasteiger partial charge in [-0.05, 0) is 55.3 Å². The zero-order valence-corrected chi connectivity index (χ0v) is 11.2. The van der Waals surface area contributed by atoms with Crippen LogP contribution in [0.5, 0.6) is 5.75 Å². The molecule has 100 valence electrons. The number of hydrogen-bond acceptors (Lipinski definition) is 4. The van der Waals surface area contributed by atoms with Gasteiger partial charge in [0.2, 0.25) is 0 Å². The van der Waals surface area contributed by atoms with Crippen molar-refractivity contribution < 1.29 is 5.11 Å². The first-order valence-corrected chi connectivity index (χ1v) is 5.99. The predicted molar refractivity (Wildman–Crippen MR) is 76.0 cm³/mol. The summed E-state index contributed by atoms with van der Waals surface area (Å²) >= 11 is 0. The third-order valence-electron chi connectivity index (χ3n) is 2.89. The smallest absolute Gasteiger partial charge is 0.289 e. The molecule has 0 amide bonds. The molecule has 0 aliphatic carbocycles. The van der Waals surface area contributed by atoms with Crippen LogP contribution >= 0.6 is 0 Å². The Kier molecular flexibility index (Phi) is 3.67. The fraction of sp³-hybridized carbons (Fsp3) is 0.133. The number of nitrogens with zero attached hydrogens (tertiary/aromatic N) is 3. The van der Waals surface area contributed by atoms with Crippen molar-refractivity contribution in [1.29, 1.82) is 5.26 Å². The van der Waals surface area contributed by atoms with E-state index in [4.69, 9.17) is 5.26 Å². The van der Waals surface area contributed by atoms with Crippen LogP contribution < -0.4 is 5.56 Å². The summed E-state index contributed by atoms with van der Waals surface area (Å²) in [5.74, 6) is 0.164. The van der Waals surface area contributed by atoms with Crippen molar-refractivity contribution in [2.24, 2.45) is 5.10 Å². The number of phenols is 1. The van der Waals surface area contributed by atoms with Gasteiger partial charge in [0, 0.05) is 5.69 Å². The molecule has 0 saturated carbocycles. The quantitative estimate of drug-likeness (QED) is 0.844. The third kappa shape index (κ3) is 2.59. The van der Waals surface area contributed by atoms with Crippen molar-refractivity contribution in [3.8, 4) is 11.8 Å². The van der Waals surface area contributed by atoms with E-state index in [0.717, 1.165) is 5.56 Å². The Labute approximate surface area is 116 Å². The lowest BCUT2D eigenvalue weighted by atomic mass is 10.1. The number of pyridine rings is 1. The highest BCUT2D eigenvalue weighted by Gasteiger charge is 2.08. The largest absolute Gasteiger partial charge is 0.508 e. The fourth-order valence-corrected chi connectivity index (χ4v) is 1.85. The van der Waals surface area contributed by atoms with Gasteiger partial charge in [-0.1, -0.05) is 0 Å². The number of aromatic hydroxyl groups is 1. The molecule has 1 heterocycles. The molecular weight excluding hydrogens is 254 g/mol. The molecule has 5 nitrogen and oxygen atoms in total. The summed E-state index contributed by atoms with van der Waals surface area (Å²) in [5.41, 5.74) is 1.71. The van der Waals surface area contributed by atoms with Gasteiger partial charge in [-0.3, -0.25) is 4.79 Å². The van der Waals surface area contributed by atoms with E-state index in [1.807, 2.05) is 6.07 Å². The maximum absolute atomic E-state index is 12.1. The molecular formula is C15H13N3O2. The van der Waals surface area contributed by atoms with E-state index in [0.29, 0.717) is 11.3 Å². The van der Waals surface area contributed by atoms with Gasteiger partial charge in [0.15, 0.2) is 0 Å². The van der Waals surface area contributed by atoms with E-state index in [2.05, 4.69) is 5.10 Å². The number of rotatable bonds is 2. The number of hydrogen-bond donors (Lipinski definition) is 1. The average Bonchev–Trinajstić information content (AvgIpc) is 2.40. The Bertz CT molecular complexity index is 765. The number of benzene rings is 1. The molecule has 0 radical (unpaired) electrons. The van der Waals surface area contributed by atoms with Gasteiger partial charge in [0.05, 0.1) is 6.21 Å². The van der Waals surface area contributed by atoms with Crippen LogP contribution in [0.2, 0.25) is 0 Å². The summed E-state index contributed by atoms with van der Waals surface area (Å²) in [6.07, 6.45) is 1.50. The molecule has 5 heteroatoms. The Morgan fingerprint density at radius 2 is 1.95 bits per heavy atom. The minimum Gasteiger partial charge on any atom is -0.508 e. The first-order chi connectivity index (χ1) is 9.52. The molecule has 0 aliphatic heterocycles. The molecule has 0 fully saturated rings. The van der Waals surface area contributed by atoms with Crippen LogP contribution in [0.4, 0.5) is 0 Å². The summed E-state index contributed by atoms with van der Waals surface area (Å²) in [4.78, 5) is 12.1. The number of aryl methyl sites for hydroxylation is 2. The average molecular weight is 267 g/mol. The molecule has 0 unspecified atom stereocenters. The minimum atomic E-state index is -0.431. The van der Waals surface area contributed by atoms with E-state index in [-0.39, 0.29) is 11.3 Å². The topological polar surface area (TPSA) is 78.4 Å². The molecule has 0 saturated heterocycles. The molecule has 1 aromatic heterocycles. The number of aromatic nitrogens is 1. The summed E-state index contributed by atoms with van der Waals surface area (Å²) in [6.45, 7) is 3.48. The third-order valence-corrected chi connectivity index (χ3v) is 2.89. The van der Waals surface area contributed by atoms with Crippen LogP contribution in [-0.4, -0.2) is 16.0 Å². The SMILES string of the molecule is Cc1cc(C)n(N=Cc2ccc(O)cc2)c(=O)c1C#N. The molecule has 0 atom stereocenters. The lowest BCUT2D eigenvalue weighted by molar-refractivity contribution is 0.475. The highest BCUT2D eigenvalue weighted by atomic mass is 16.3. The first kappa shape index (κ1) is 13.6. The van der Waals surface area contributed by atoms with E-state index in [1.54, 1.807) is 32.0 Å². The second kappa shape index (κ2) is 5.41. The molecule has 0 bridgehead atoms. The normalized spacial score (nSPS) is 10.7. The van der Waals surface area contributed by atoms with Crippen molar-refractivity contribution in [2.75, 3.05) is 0 Å². The van der Waals surface area contributed by atoms with Crippen LogP contribution in [0, 0.1) is 25.2 Å². The zero-order chi connectivity index (χ0) is 14.7. The summed E-state index contributed by atoms with van der Waals surface area (Å²) in [7, 11) is 0. The van der Waals surface area contributed by atoms with Crippen molar-refractivity contribution in [3.05, 3.63) is 63.1 Å². The Balaban J connectivity index is 2.47. The Morgan fingerprint density at radius 1 is 1.30 bits per heavy atom.